The lowest BCUT2D eigenvalue weighted by atomic mass is 9.70. The predicted octanol–water partition coefficient (Wildman–Crippen LogP) is 21.3. The number of rotatable bonds is 9. The highest BCUT2D eigenvalue weighted by Gasteiger charge is 2.52. The van der Waals surface area contributed by atoms with Crippen molar-refractivity contribution >= 4 is 66.7 Å². The molecule has 1 unspecified atom stereocenters. The quantitative estimate of drug-likeness (QED) is 0.140. The zero-order valence-electron chi connectivity index (χ0n) is 46.0. The Labute approximate surface area is 488 Å². The second kappa shape index (κ2) is 18.8. The Hall–Kier alpha value is -11.0. The van der Waals surface area contributed by atoms with Crippen LogP contribution in [-0.4, -0.2) is 9.13 Å². The molecule has 15 aromatic rings. The third kappa shape index (κ3) is 7.12. The molecule has 1 atom stereocenters. The Morgan fingerprint density at radius 1 is 0.274 bits per heavy atom. The van der Waals surface area contributed by atoms with Crippen molar-refractivity contribution in [3.63, 3.8) is 0 Å². The van der Waals surface area contributed by atoms with E-state index in [1.54, 1.807) is 0 Å². The summed E-state index contributed by atoms with van der Waals surface area (Å²) in [6.45, 7) is 4.10. The van der Waals surface area contributed by atoms with Crippen molar-refractivity contribution in [2.75, 3.05) is 4.90 Å². The molecule has 3 heteroatoms. The number of aromatic nitrogens is 2. The summed E-state index contributed by atoms with van der Waals surface area (Å²) in [6, 6.07) is 113. The zero-order valence-corrected chi connectivity index (χ0v) is 46.0. The van der Waals surface area contributed by atoms with Crippen LogP contribution in [0.4, 0.5) is 17.1 Å². The molecule has 13 aromatic carbocycles. The van der Waals surface area contributed by atoms with Gasteiger partial charge in [-0.15, -0.1) is 0 Å². The van der Waals surface area contributed by atoms with Gasteiger partial charge in [0.2, 0.25) is 0 Å². The van der Waals surface area contributed by atoms with Gasteiger partial charge >= 0.3 is 0 Å². The molecule has 2 aliphatic rings. The minimum Gasteiger partial charge on any atom is -0.310 e. The van der Waals surface area contributed by atoms with Crippen LogP contribution in [0.1, 0.15) is 27.8 Å². The SMILES string of the molecule is C=Cc1cccc(-c2ccc3c(c2)C2(c4ccccc4-3)c3ccccc3-c3ccc(-n4c5ccccc5c5ccc(-c6cccc(N(c7ccc(-c8ccccc8)cc7)c7ccc8c9ccccc9n(-c9ccccc9)c8c7)c6)cc54)cc32)c1. The number of anilines is 3. The Morgan fingerprint density at radius 3 is 1.45 bits per heavy atom. The largest absolute Gasteiger partial charge is 0.310 e. The average Bonchev–Trinajstić information content (AvgIpc) is 1.56. The smallest absolute Gasteiger partial charge is 0.0726 e. The average molecular weight is 1070 g/mol. The van der Waals surface area contributed by atoms with Crippen molar-refractivity contribution < 1.29 is 0 Å². The molecule has 392 valence electrons. The number of benzene rings is 13. The molecule has 0 radical (unpaired) electrons. The summed E-state index contributed by atoms with van der Waals surface area (Å²) in [5.41, 5.74) is 28.1. The summed E-state index contributed by atoms with van der Waals surface area (Å²) >= 11 is 0. The van der Waals surface area contributed by atoms with E-state index in [1.165, 1.54) is 99.3 Å². The highest BCUT2D eigenvalue weighted by atomic mass is 15.1. The van der Waals surface area contributed by atoms with Crippen LogP contribution in [0.3, 0.4) is 0 Å². The fourth-order valence-corrected chi connectivity index (χ4v) is 14.4. The van der Waals surface area contributed by atoms with Gasteiger partial charge in [-0.25, -0.2) is 0 Å². The van der Waals surface area contributed by atoms with E-state index in [0.717, 1.165) is 56.2 Å². The lowest BCUT2D eigenvalue weighted by molar-refractivity contribution is 0.793. The lowest BCUT2D eigenvalue weighted by Crippen LogP contribution is -2.26. The fraction of sp³-hybridized carbons (Fsp3) is 0.0123. The first-order valence-corrected chi connectivity index (χ1v) is 29.0. The zero-order chi connectivity index (χ0) is 55.5. The normalized spacial score (nSPS) is 13.8. The molecule has 0 amide bonds. The molecular formula is C81H53N3. The number of fused-ring (bicyclic) bond motifs is 16. The number of hydrogen-bond donors (Lipinski definition) is 0. The van der Waals surface area contributed by atoms with E-state index in [4.69, 9.17) is 0 Å². The molecule has 0 saturated carbocycles. The predicted molar refractivity (Wildman–Crippen MR) is 353 cm³/mol. The molecular weight excluding hydrogens is 1010 g/mol. The molecule has 2 heterocycles. The second-order valence-electron chi connectivity index (χ2n) is 22.4. The van der Waals surface area contributed by atoms with Gasteiger partial charge in [0.05, 0.1) is 27.5 Å². The van der Waals surface area contributed by atoms with Crippen molar-refractivity contribution in [3.05, 3.63) is 338 Å². The van der Waals surface area contributed by atoms with Gasteiger partial charge in [0, 0.05) is 50.0 Å². The molecule has 17 rings (SSSR count). The van der Waals surface area contributed by atoms with E-state index in [9.17, 15) is 0 Å². The minimum atomic E-state index is -0.541. The standard InChI is InChI=1S/C81H53N3/c1-2-53-19-17-22-56(47-53)58-37-43-67-65-27-9-13-31-73(65)81(75(67)49-58)74-32-14-10-28-66(74)68-45-41-63(51-76(68)81)84-78-34-16-12-29-69(78)71-44-38-59(50-79(71)84)57-23-18-26-62(48-57)82(61-39-35-55(36-40-61)54-20-5-3-6-21-54)64-42-46-72-70-30-11-15-33-77(70)83(80(72)52-64)60-24-7-4-8-25-60/h2-52H,1H2. The summed E-state index contributed by atoms with van der Waals surface area (Å²) < 4.78 is 4.91. The third-order valence-electron chi connectivity index (χ3n) is 18.1. The van der Waals surface area contributed by atoms with Gasteiger partial charge in [-0.3, -0.25) is 0 Å². The summed E-state index contributed by atoms with van der Waals surface area (Å²) in [7, 11) is 0. The van der Waals surface area contributed by atoms with Crippen LogP contribution in [-0.2, 0) is 5.41 Å². The van der Waals surface area contributed by atoms with Crippen LogP contribution < -0.4 is 4.90 Å². The van der Waals surface area contributed by atoms with Crippen molar-refractivity contribution in [3.8, 4) is 67.0 Å². The molecule has 3 nitrogen and oxygen atoms in total. The van der Waals surface area contributed by atoms with E-state index in [2.05, 4.69) is 324 Å². The molecule has 2 aromatic heterocycles. The maximum Gasteiger partial charge on any atom is 0.0726 e. The molecule has 2 aliphatic carbocycles. The summed E-state index contributed by atoms with van der Waals surface area (Å²) in [5.74, 6) is 0. The third-order valence-corrected chi connectivity index (χ3v) is 18.1. The molecule has 0 fully saturated rings. The van der Waals surface area contributed by atoms with Crippen LogP contribution in [0.2, 0.25) is 0 Å². The fourth-order valence-electron chi connectivity index (χ4n) is 14.4. The first kappa shape index (κ1) is 47.8. The molecule has 84 heavy (non-hydrogen) atoms. The highest BCUT2D eigenvalue weighted by molar-refractivity contribution is 6.12. The van der Waals surface area contributed by atoms with Gasteiger partial charge in [0.1, 0.15) is 0 Å². The van der Waals surface area contributed by atoms with Crippen molar-refractivity contribution in [1.82, 2.24) is 9.13 Å². The van der Waals surface area contributed by atoms with Crippen molar-refractivity contribution in [2.45, 2.75) is 5.41 Å². The Morgan fingerprint density at radius 2 is 0.738 bits per heavy atom. The maximum atomic E-state index is 4.10. The molecule has 0 bridgehead atoms. The minimum absolute atomic E-state index is 0.541. The van der Waals surface area contributed by atoms with Crippen LogP contribution in [0.5, 0.6) is 0 Å². The highest BCUT2D eigenvalue weighted by Crippen LogP contribution is 2.63. The second-order valence-corrected chi connectivity index (χ2v) is 22.4. The first-order valence-electron chi connectivity index (χ1n) is 29.0. The van der Waals surface area contributed by atoms with Crippen LogP contribution in [0.25, 0.3) is 117 Å². The lowest BCUT2D eigenvalue weighted by Gasteiger charge is -2.31. The maximum absolute atomic E-state index is 4.10. The van der Waals surface area contributed by atoms with Crippen LogP contribution in [0.15, 0.2) is 310 Å². The number of nitrogens with zero attached hydrogens (tertiary/aromatic N) is 3. The summed E-state index contributed by atoms with van der Waals surface area (Å²) in [4.78, 5) is 2.42. The van der Waals surface area contributed by atoms with Gasteiger partial charge in [-0.2, -0.15) is 0 Å². The van der Waals surface area contributed by atoms with E-state index in [0.29, 0.717) is 0 Å². The van der Waals surface area contributed by atoms with E-state index in [-0.39, 0.29) is 0 Å². The summed E-state index contributed by atoms with van der Waals surface area (Å²) in [6.07, 6.45) is 1.93. The van der Waals surface area contributed by atoms with E-state index in [1.807, 2.05) is 6.08 Å². The monoisotopic (exact) mass is 1070 g/mol. The number of hydrogen-bond acceptors (Lipinski definition) is 1. The summed E-state index contributed by atoms with van der Waals surface area (Å²) in [5, 5.41) is 4.89. The molecule has 0 aliphatic heterocycles. The van der Waals surface area contributed by atoms with E-state index >= 15 is 0 Å². The molecule has 0 saturated heterocycles. The van der Waals surface area contributed by atoms with Crippen LogP contribution in [0, 0.1) is 0 Å². The number of para-hydroxylation sites is 3. The first-order chi connectivity index (χ1) is 41.6. The van der Waals surface area contributed by atoms with Crippen molar-refractivity contribution in [1.29, 1.82) is 0 Å². The van der Waals surface area contributed by atoms with Gasteiger partial charge in [-0.05, 0) is 174 Å². The van der Waals surface area contributed by atoms with Gasteiger partial charge < -0.3 is 14.0 Å². The van der Waals surface area contributed by atoms with Gasteiger partial charge in [0.25, 0.3) is 0 Å². The van der Waals surface area contributed by atoms with Crippen molar-refractivity contribution in [2.24, 2.45) is 0 Å². The Kier molecular flexibility index (Phi) is 10.7. The Bertz CT molecular complexity index is 5140. The van der Waals surface area contributed by atoms with Gasteiger partial charge in [-0.1, -0.05) is 225 Å². The van der Waals surface area contributed by atoms with Gasteiger partial charge in [0.15, 0.2) is 0 Å². The Balaban J connectivity index is 0.836. The molecule has 1 spiro atoms. The van der Waals surface area contributed by atoms with E-state index < -0.39 is 5.41 Å². The van der Waals surface area contributed by atoms with Crippen LogP contribution >= 0.6 is 0 Å². The molecule has 0 N–H and O–H groups in total. The topological polar surface area (TPSA) is 13.1 Å².